The number of rotatable bonds is 3. The summed E-state index contributed by atoms with van der Waals surface area (Å²) < 4.78 is 6.77. The lowest BCUT2D eigenvalue weighted by Crippen LogP contribution is -2.14. The summed E-state index contributed by atoms with van der Waals surface area (Å²) in [5.74, 6) is 1.22. The maximum absolute atomic E-state index is 9.37. The molecular formula is C16H18BrNO2. The Morgan fingerprint density at radius 2 is 1.80 bits per heavy atom. The second-order valence-corrected chi connectivity index (χ2v) is 6.58. The van der Waals surface area contributed by atoms with Gasteiger partial charge in [0.2, 0.25) is 5.88 Å². The van der Waals surface area contributed by atoms with E-state index in [1.807, 2.05) is 30.3 Å². The molecule has 0 bridgehead atoms. The number of hydrogen-bond acceptors (Lipinski definition) is 3. The Kier molecular flexibility index (Phi) is 4.45. The van der Waals surface area contributed by atoms with Gasteiger partial charge in [-0.2, -0.15) is 0 Å². The van der Waals surface area contributed by atoms with Crippen LogP contribution in [0.5, 0.6) is 11.6 Å². The van der Waals surface area contributed by atoms with Crippen molar-refractivity contribution in [1.29, 1.82) is 0 Å². The third kappa shape index (κ3) is 3.81. The molecular weight excluding hydrogens is 318 g/mol. The largest absolute Gasteiger partial charge is 0.439 e. The van der Waals surface area contributed by atoms with E-state index in [-0.39, 0.29) is 12.0 Å². The van der Waals surface area contributed by atoms with Crippen molar-refractivity contribution in [3.8, 4) is 11.6 Å². The molecule has 106 valence electrons. The van der Waals surface area contributed by atoms with E-state index in [9.17, 15) is 5.11 Å². The van der Waals surface area contributed by atoms with E-state index in [0.717, 1.165) is 21.5 Å². The van der Waals surface area contributed by atoms with Crippen LogP contribution in [0.2, 0.25) is 0 Å². The molecule has 0 saturated heterocycles. The number of hydrogen-bond donors (Lipinski definition) is 1. The number of benzene rings is 1. The van der Waals surface area contributed by atoms with Gasteiger partial charge in [0, 0.05) is 16.0 Å². The van der Waals surface area contributed by atoms with E-state index in [2.05, 4.69) is 41.7 Å². The molecule has 1 aromatic heterocycles. The van der Waals surface area contributed by atoms with Crippen molar-refractivity contribution in [1.82, 2.24) is 4.98 Å². The molecule has 4 heteroatoms. The average Bonchev–Trinajstić information content (AvgIpc) is 2.40. The molecule has 1 heterocycles. The van der Waals surface area contributed by atoms with E-state index < -0.39 is 0 Å². The van der Waals surface area contributed by atoms with Gasteiger partial charge in [0.1, 0.15) is 5.75 Å². The maximum atomic E-state index is 9.37. The predicted molar refractivity (Wildman–Crippen MR) is 83.1 cm³/mol. The third-order valence-corrected chi connectivity index (χ3v) is 3.38. The Hall–Kier alpha value is -1.39. The molecule has 2 aromatic rings. The Morgan fingerprint density at radius 3 is 2.35 bits per heavy atom. The molecule has 2 rings (SSSR count). The zero-order chi connectivity index (χ0) is 14.8. The highest BCUT2D eigenvalue weighted by Crippen LogP contribution is 2.27. The van der Waals surface area contributed by atoms with Gasteiger partial charge in [-0.15, -0.1) is 0 Å². The summed E-state index contributed by atoms with van der Waals surface area (Å²) in [5, 5.41) is 9.37. The molecule has 20 heavy (non-hydrogen) atoms. The number of aliphatic hydroxyl groups excluding tert-OH is 1. The smallest absolute Gasteiger partial charge is 0.219 e. The van der Waals surface area contributed by atoms with Crippen molar-refractivity contribution in [2.75, 3.05) is 0 Å². The Labute approximate surface area is 127 Å². The predicted octanol–water partition coefficient (Wildman–Crippen LogP) is 4.43. The number of ether oxygens (including phenoxy) is 1. The van der Waals surface area contributed by atoms with Crippen molar-refractivity contribution in [3.63, 3.8) is 0 Å². The van der Waals surface area contributed by atoms with Gasteiger partial charge in [-0.25, -0.2) is 4.98 Å². The van der Waals surface area contributed by atoms with Crippen LogP contribution in [0.4, 0.5) is 0 Å². The summed E-state index contributed by atoms with van der Waals surface area (Å²) in [4.78, 5) is 4.53. The van der Waals surface area contributed by atoms with Gasteiger partial charge in [-0.05, 0) is 35.9 Å². The van der Waals surface area contributed by atoms with Crippen LogP contribution in [0.15, 0.2) is 40.9 Å². The van der Waals surface area contributed by atoms with Gasteiger partial charge in [0.15, 0.2) is 0 Å². The lowest BCUT2D eigenvalue weighted by atomic mass is 9.91. The molecule has 1 aromatic carbocycles. The highest BCUT2D eigenvalue weighted by atomic mass is 79.9. The first kappa shape index (κ1) is 15.0. The maximum Gasteiger partial charge on any atom is 0.219 e. The third-order valence-electron chi connectivity index (χ3n) is 2.85. The fourth-order valence-electron chi connectivity index (χ4n) is 1.71. The summed E-state index contributed by atoms with van der Waals surface area (Å²) in [7, 11) is 0. The van der Waals surface area contributed by atoms with E-state index >= 15 is 0 Å². The van der Waals surface area contributed by atoms with Crippen molar-refractivity contribution < 1.29 is 9.84 Å². The van der Waals surface area contributed by atoms with Crippen molar-refractivity contribution in [2.24, 2.45) is 0 Å². The van der Waals surface area contributed by atoms with Crippen molar-refractivity contribution in [2.45, 2.75) is 32.8 Å². The lowest BCUT2D eigenvalue weighted by Gasteiger charge is -2.19. The van der Waals surface area contributed by atoms with Crippen LogP contribution in [0.3, 0.4) is 0 Å². The minimum absolute atomic E-state index is 0.0255. The number of aromatic nitrogens is 1. The average molecular weight is 336 g/mol. The molecule has 0 aliphatic carbocycles. The summed E-state index contributed by atoms with van der Waals surface area (Å²) in [6.07, 6.45) is 0. The van der Waals surface area contributed by atoms with E-state index in [1.165, 1.54) is 0 Å². The highest BCUT2D eigenvalue weighted by molar-refractivity contribution is 9.10. The zero-order valence-corrected chi connectivity index (χ0v) is 13.4. The number of nitrogens with zero attached hydrogens (tertiary/aromatic N) is 1. The molecule has 0 atom stereocenters. The fourth-order valence-corrected chi connectivity index (χ4v) is 1.97. The van der Waals surface area contributed by atoms with Gasteiger partial charge in [-0.3, -0.25) is 0 Å². The summed E-state index contributed by atoms with van der Waals surface area (Å²) in [5.41, 5.74) is 1.61. The Balaban J connectivity index is 2.33. The lowest BCUT2D eigenvalue weighted by molar-refractivity contribution is 0.280. The molecule has 0 spiro atoms. The molecule has 0 fully saturated rings. The number of aliphatic hydroxyl groups is 1. The minimum Gasteiger partial charge on any atom is -0.439 e. The number of halogens is 1. The van der Waals surface area contributed by atoms with E-state index in [4.69, 9.17) is 4.74 Å². The summed E-state index contributed by atoms with van der Waals surface area (Å²) in [6.45, 7) is 6.22. The first-order valence-electron chi connectivity index (χ1n) is 6.44. The summed E-state index contributed by atoms with van der Waals surface area (Å²) >= 11 is 3.39. The van der Waals surface area contributed by atoms with Gasteiger partial charge >= 0.3 is 0 Å². The SMILES string of the molecule is CC(C)(C)c1cc(CO)cc(Oc2ccc(Br)cc2)n1. The number of pyridine rings is 1. The topological polar surface area (TPSA) is 42.4 Å². The molecule has 0 aliphatic heterocycles. The normalized spacial score (nSPS) is 11.4. The van der Waals surface area contributed by atoms with Crippen molar-refractivity contribution in [3.05, 3.63) is 52.1 Å². The molecule has 0 radical (unpaired) electrons. The molecule has 1 N–H and O–H groups in total. The van der Waals surface area contributed by atoms with Crippen LogP contribution in [0.25, 0.3) is 0 Å². The van der Waals surface area contributed by atoms with E-state index in [1.54, 1.807) is 6.07 Å². The first-order valence-corrected chi connectivity index (χ1v) is 7.23. The van der Waals surface area contributed by atoms with Crippen molar-refractivity contribution >= 4 is 15.9 Å². The fraction of sp³-hybridized carbons (Fsp3) is 0.312. The van der Waals surface area contributed by atoms with Gasteiger partial charge in [0.25, 0.3) is 0 Å². The van der Waals surface area contributed by atoms with Crippen LogP contribution >= 0.6 is 15.9 Å². The quantitative estimate of drug-likeness (QED) is 0.902. The van der Waals surface area contributed by atoms with Crippen LogP contribution < -0.4 is 4.74 Å². The molecule has 0 aliphatic rings. The Bertz CT molecular complexity index is 588. The van der Waals surface area contributed by atoms with Crippen LogP contribution in [0, 0.1) is 0 Å². The standard InChI is InChI=1S/C16H18BrNO2/c1-16(2,3)14-8-11(10-19)9-15(18-14)20-13-6-4-12(17)5-7-13/h4-9,19H,10H2,1-3H3. The monoisotopic (exact) mass is 335 g/mol. The van der Waals surface area contributed by atoms with Crippen LogP contribution in [-0.2, 0) is 12.0 Å². The van der Waals surface area contributed by atoms with Crippen LogP contribution in [-0.4, -0.2) is 10.1 Å². The van der Waals surface area contributed by atoms with Crippen LogP contribution in [0.1, 0.15) is 32.0 Å². The zero-order valence-electron chi connectivity index (χ0n) is 11.9. The summed E-state index contributed by atoms with van der Waals surface area (Å²) in [6, 6.07) is 11.2. The van der Waals surface area contributed by atoms with Gasteiger partial charge in [-0.1, -0.05) is 36.7 Å². The van der Waals surface area contributed by atoms with Gasteiger partial charge < -0.3 is 9.84 Å². The van der Waals surface area contributed by atoms with E-state index in [0.29, 0.717) is 5.88 Å². The Morgan fingerprint density at radius 1 is 1.15 bits per heavy atom. The molecule has 0 unspecified atom stereocenters. The molecule has 0 amide bonds. The first-order chi connectivity index (χ1) is 9.38. The molecule has 3 nitrogen and oxygen atoms in total. The molecule has 0 saturated carbocycles. The second kappa shape index (κ2) is 5.94. The van der Waals surface area contributed by atoms with Gasteiger partial charge in [0.05, 0.1) is 12.3 Å². The second-order valence-electron chi connectivity index (χ2n) is 5.66. The minimum atomic E-state index is -0.0942. The highest BCUT2D eigenvalue weighted by Gasteiger charge is 2.17.